The van der Waals surface area contributed by atoms with Crippen molar-refractivity contribution in [1.82, 2.24) is 19.9 Å². The van der Waals surface area contributed by atoms with E-state index in [0.717, 1.165) is 57.7 Å². The summed E-state index contributed by atoms with van der Waals surface area (Å²) in [6, 6.07) is 6.77. The predicted molar refractivity (Wildman–Crippen MR) is 118 cm³/mol. The predicted octanol–water partition coefficient (Wildman–Crippen LogP) is 3.26. The third-order valence-electron chi connectivity index (χ3n) is 6.16. The monoisotopic (exact) mass is 426 g/mol. The van der Waals surface area contributed by atoms with Crippen LogP contribution in [0.3, 0.4) is 0 Å². The number of rotatable bonds is 8. The molecule has 1 saturated heterocycles. The van der Waals surface area contributed by atoms with Crippen LogP contribution in [0.1, 0.15) is 56.5 Å². The summed E-state index contributed by atoms with van der Waals surface area (Å²) in [4.78, 5) is 21.4. The van der Waals surface area contributed by atoms with Gasteiger partial charge < -0.3 is 14.2 Å². The van der Waals surface area contributed by atoms with Crippen molar-refractivity contribution in [2.24, 2.45) is 5.92 Å². The molecular formula is C24H34N4O3. The minimum absolute atomic E-state index is 0.118. The van der Waals surface area contributed by atoms with E-state index in [9.17, 15) is 4.79 Å². The molecule has 0 spiro atoms. The highest BCUT2D eigenvalue weighted by Crippen LogP contribution is 2.27. The molecule has 7 heteroatoms. The van der Waals surface area contributed by atoms with Gasteiger partial charge in [-0.15, -0.1) is 0 Å². The second-order valence-corrected chi connectivity index (χ2v) is 9.24. The number of benzene rings is 1. The lowest BCUT2D eigenvalue weighted by Gasteiger charge is -2.39. The van der Waals surface area contributed by atoms with E-state index in [-0.39, 0.29) is 11.9 Å². The van der Waals surface area contributed by atoms with Crippen LogP contribution in [0.4, 0.5) is 0 Å². The molecule has 1 amide bonds. The number of hydrogen-bond donors (Lipinski definition) is 0. The molecule has 1 aromatic carbocycles. The van der Waals surface area contributed by atoms with Crippen molar-refractivity contribution in [3.63, 3.8) is 0 Å². The van der Waals surface area contributed by atoms with E-state index in [2.05, 4.69) is 47.1 Å². The van der Waals surface area contributed by atoms with E-state index in [0.29, 0.717) is 30.6 Å². The molecular weight excluding hydrogens is 392 g/mol. The lowest BCUT2D eigenvalue weighted by atomic mass is 10.0. The second kappa shape index (κ2) is 9.81. The molecule has 0 radical (unpaired) electrons. The number of piperidine rings is 1. The molecule has 1 fully saturated rings. The van der Waals surface area contributed by atoms with Crippen LogP contribution < -0.4 is 4.74 Å². The fraction of sp³-hybridized carbons (Fsp3) is 0.625. The molecule has 4 rings (SSSR count). The van der Waals surface area contributed by atoms with Crippen LogP contribution in [-0.2, 0) is 30.6 Å². The van der Waals surface area contributed by atoms with E-state index >= 15 is 0 Å². The Morgan fingerprint density at radius 2 is 2.23 bits per heavy atom. The fourth-order valence-corrected chi connectivity index (χ4v) is 4.67. The molecule has 2 aliphatic heterocycles. The lowest BCUT2D eigenvalue weighted by Crippen LogP contribution is -2.50. The molecule has 2 aromatic rings. The number of amides is 1. The molecule has 168 valence electrons. The maximum atomic E-state index is 12.4. The Balaban J connectivity index is 1.34. The van der Waals surface area contributed by atoms with Crippen LogP contribution in [0.25, 0.3) is 0 Å². The molecule has 0 bridgehead atoms. The Morgan fingerprint density at radius 3 is 3.03 bits per heavy atom. The minimum atomic E-state index is 0.118. The lowest BCUT2D eigenvalue weighted by molar-refractivity contribution is -0.132. The van der Waals surface area contributed by atoms with Gasteiger partial charge in [0.2, 0.25) is 11.8 Å². The molecule has 7 nitrogen and oxygen atoms in total. The van der Waals surface area contributed by atoms with Crippen molar-refractivity contribution in [3.05, 3.63) is 41.0 Å². The first-order valence-electron chi connectivity index (χ1n) is 11.5. The number of aromatic nitrogens is 2. The van der Waals surface area contributed by atoms with Gasteiger partial charge in [0.05, 0.1) is 6.61 Å². The van der Waals surface area contributed by atoms with Gasteiger partial charge in [-0.1, -0.05) is 31.1 Å². The summed E-state index contributed by atoms with van der Waals surface area (Å²) in [5.74, 6) is 3.00. The molecule has 1 unspecified atom stereocenters. The Kier molecular flexibility index (Phi) is 6.90. The van der Waals surface area contributed by atoms with E-state index in [1.807, 2.05) is 4.90 Å². The zero-order valence-electron chi connectivity index (χ0n) is 19.0. The van der Waals surface area contributed by atoms with Gasteiger partial charge >= 0.3 is 0 Å². The summed E-state index contributed by atoms with van der Waals surface area (Å²) in [5.41, 5.74) is 2.64. The third-order valence-corrected chi connectivity index (χ3v) is 6.16. The smallest absolute Gasteiger partial charge is 0.226 e. The van der Waals surface area contributed by atoms with Gasteiger partial charge in [-0.3, -0.25) is 9.69 Å². The average molecular weight is 427 g/mol. The van der Waals surface area contributed by atoms with Crippen molar-refractivity contribution >= 4 is 5.91 Å². The highest BCUT2D eigenvalue weighted by atomic mass is 16.5. The zero-order valence-corrected chi connectivity index (χ0v) is 19.0. The average Bonchev–Trinajstić information content (AvgIpc) is 3.36. The maximum absolute atomic E-state index is 12.4. The number of fused-ring (bicyclic) bond motifs is 1. The Labute approximate surface area is 184 Å². The molecule has 3 heterocycles. The van der Waals surface area contributed by atoms with Gasteiger partial charge in [0.25, 0.3) is 0 Å². The standard InChI is InChI=1S/C24H34N4O3/c1-17(2)13-24-25-23(26-31-24)8-11-28(18(3)29)21-5-4-10-27(16-21)15-19-6-7-22-20(14-19)9-12-30-22/h6-7,14,17,21H,4-5,8-13,15-16H2,1-3H3. The van der Waals surface area contributed by atoms with E-state index in [4.69, 9.17) is 9.26 Å². The summed E-state index contributed by atoms with van der Waals surface area (Å²) in [6.07, 6.45) is 4.55. The largest absolute Gasteiger partial charge is 0.493 e. The van der Waals surface area contributed by atoms with Crippen molar-refractivity contribution in [3.8, 4) is 5.75 Å². The van der Waals surface area contributed by atoms with Gasteiger partial charge in [-0.25, -0.2) is 0 Å². The molecule has 0 saturated carbocycles. The molecule has 31 heavy (non-hydrogen) atoms. The van der Waals surface area contributed by atoms with Crippen LogP contribution in [-0.4, -0.2) is 58.1 Å². The number of carbonyl (C=O) groups excluding carboxylic acids is 1. The van der Waals surface area contributed by atoms with E-state index in [1.165, 1.54) is 11.1 Å². The van der Waals surface area contributed by atoms with E-state index in [1.54, 1.807) is 6.92 Å². The number of likely N-dealkylation sites (tertiary alicyclic amines) is 1. The van der Waals surface area contributed by atoms with Gasteiger partial charge in [-0.2, -0.15) is 4.98 Å². The van der Waals surface area contributed by atoms with Crippen LogP contribution in [0.15, 0.2) is 22.7 Å². The second-order valence-electron chi connectivity index (χ2n) is 9.24. The van der Waals surface area contributed by atoms with E-state index < -0.39 is 0 Å². The number of hydrogen-bond acceptors (Lipinski definition) is 6. The van der Waals surface area contributed by atoms with Crippen molar-refractivity contribution in [2.45, 2.75) is 65.5 Å². The molecule has 1 atom stereocenters. The normalized spacial score (nSPS) is 18.8. The summed E-state index contributed by atoms with van der Waals surface area (Å²) in [6.45, 7) is 10.2. The number of nitrogens with zero attached hydrogens (tertiary/aromatic N) is 4. The summed E-state index contributed by atoms with van der Waals surface area (Å²) >= 11 is 0. The first kappa shape index (κ1) is 21.8. The van der Waals surface area contributed by atoms with Crippen LogP contribution in [0.5, 0.6) is 5.75 Å². The first-order valence-corrected chi connectivity index (χ1v) is 11.5. The highest BCUT2D eigenvalue weighted by Gasteiger charge is 2.27. The highest BCUT2D eigenvalue weighted by molar-refractivity contribution is 5.73. The van der Waals surface area contributed by atoms with Crippen LogP contribution in [0, 0.1) is 5.92 Å². The van der Waals surface area contributed by atoms with Crippen molar-refractivity contribution < 1.29 is 14.1 Å². The SMILES string of the molecule is CC(=O)N(CCc1noc(CC(C)C)n1)C1CCCN(Cc2ccc3c(c2)CCO3)C1. The summed E-state index contributed by atoms with van der Waals surface area (Å²) in [7, 11) is 0. The van der Waals surface area contributed by atoms with Crippen LogP contribution >= 0.6 is 0 Å². The van der Waals surface area contributed by atoms with Gasteiger partial charge in [-0.05, 0) is 42.5 Å². The van der Waals surface area contributed by atoms with Crippen LogP contribution in [0.2, 0.25) is 0 Å². The maximum Gasteiger partial charge on any atom is 0.226 e. The van der Waals surface area contributed by atoms with Gasteiger partial charge in [0.1, 0.15) is 5.75 Å². The molecule has 0 aliphatic carbocycles. The zero-order chi connectivity index (χ0) is 21.8. The Hall–Kier alpha value is -2.41. The molecule has 1 aromatic heterocycles. The van der Waals surface area contributed by atoms with Crippen molar-refractivity contribution in [1.29, 1.82) is 0 Å². The van der Waals surface area contributed by atoms with Crippen molar-refractivity contribution in [2.75, 3.05) is 26.2 Å². The third kappa shape index (κ3) is 5.64. The number of carbonyl (C=O) groups is 1. The van der Waals surface area contributed by atoms with Gasteiger partial charge in [0.15, 0.2) is 5.82 Å². The minimum Gasteiger partial charge on any atom is -0.493 e. The molecule has 0 N–H and O–H groups in total. The quantitative estimate of drug-likeness (QED) is 0.645. The summed E-state index contributed by atoms with van der Waals surface area (Å²) in [5, 5.41) is 4.10. The fourth-order valence-electron chi connectivity index (χ4n) is 4.67. The Bertz CT molecular complexity index is 895. The van der Waals surface area contributed by atoms with Gasteiger partial charge in [0, 0.05) is 51.9 Å². The number of ether oxygens (including phenoxy) is 1. The molecule has 2 aliphatic rings. The topological polar surface area (TPSA) is 71.7 Å². The first-order chi connectivity index (χ1) is 15.0. The Morgan fingerprint density at radius 1 is 1.35 bits per heavy atom. The summed E-state index contributed by atoms with van der Waals surface area (Å²) < 4.78 is 11.0.